The molecule has 0 aliphatic carbocycles. The summed E-state index contributed by atoms with van der Waals surface area (Å²) >= 11 is 6.09. The molecule has 5 nitrogen and oxygen atoms in total. The Morgan fingerprint density at radius 1 is 1.13 bits per heavy atom. The summed E-state index contributed by atoms with van der Waals surface area (Å²) in [6.45, 7) is 1.45. The topological polar surface area (TPSA) is 66.8 Å². The van der Waals surface area contributed by atoms with Gasteiger partial charge in [0.15, 0.2) is 0 Å². The third kappa shape index (κ3) is 4.23. The van der Waals surface area contributed by atoms with E-state index in [1.54, 1.807) is 24.3 Å². The van der Waals surface area contributed by atoms with Gasteiger partial charge < -0.3 is 9.84 Å². The lowest BCUT2D eigenvalue weighted by Gasteiger charge is -2.26. The highest BCUT2D eigenvalue weighted by molar-refractivity contribution is 6.33. The Morgan fingerprint density at radius 3 is 2.35 bits per heavy atom. The third-order valence-electron chi connectivity index (χ3n) is 3.26. The average molecular weight is 334 g/mol. The van der Waals surface area contributed by atoms with Crippen molar-refractivity contribution in [1.82, 2.24) is 0 Å². The molecule has 0 radical (unpaired) electrons. The van der Waals surface area contributed by atoms with Crippen LogP contribution in [0.3, 0.4) is 0 Å². The number of rotatable bonds is 5. The fraction of sp³-hybridized carbons (Fsp3) is 0.176. The maximum Gasteiger partial charge on any atom is 0.415 e. The van der Waals surface area contributed by atoms with E-state index in [-0.39, 0.29) is 11.6 Å². The van der Waals surface area contributed by atoms with Crippen molar-refractivity contribution in [3.63, 3.8) is 0 Å². The number of benzene rings is 2. The number of para-hydroxylation sites is 1. The summed E-state index contributed by atoms with van der Waals surface area (Å²) in [6, 6.07) is 14.6. The molecule has 0 aromatic heterocycles. The van der Waals surface area contributed by atoms with Gasteiger partial charge in [0.05, 0.1) is 10.7 Å². The Hall–Kier alpha value is -2.53. The van der Waals surface area contributed by atoms with Crippen molar-refractivity contribution in [1.29, 1.82) is 0 Å². The Balaban J connectivity index is 2.22. The van der Waals surface area contributed by atoms with Crippen LogP contribution in [0.2, 0.25) is 5.02 Å². The summed E-state index contributed by atoms with van der Waals surface area (Å²) in [5.41, 5.74) is 1.10. The third-order valence-corrected chi connectivity index (χ3v) is 3.58. The van der Waals surface area contributed by atoms with Crippen molar-refractivity contribution < 1.29 is 19.4 Å². The van der Waals surface area contributed by atoms with Gasteiger partial charge in [0.25, 0.3) is 0 Å². The number of nitrogens with zero attached hydrogens (tertiary/aromatic N) is 1. The Bertz CT molecular complexity index is 690. The quantitative estimate of drug-likeness (QED) is 0.899. The second-order valence-corrected chi connectivity index (χ2v) is 5.28. The predicted octanol–water partition coefficient (Wildman–Crippen LogP) is 3.96. The van der Waals surface area contributed by atoms with E-state index in [0.29, 0.717) is 5.69 Å². The van der Waals surface area contributed by atoms with Crippen LogP contribution in [0, 0.1) is 0 Å². The second-order valence-electron chi connectivity index (χ2n) is 4.88. The standard InChI is InChI=1S/C17H16ClNO4/c1-12(16(20)21)19(15-10-6-5-9-14(15)18)17(22)23-11-13-7-3-2-4-8-13/h2-10,12H,11H2,1H3,(H,20,21). The lowest BCUT2D eigenvalue weighted by Crippen LogP contribution is -2.44. The number of carboxylic acid groups (broad SMARTS) is 1. The highest BCUT2D eigenvalue weighted by atomic mass is 35.5. The van der Waals surface area contributed by atoms with Crippen LogP contribution in [0.4, 0.5) is 10.5 Å². The molecule has 1 N–H and O–H groups in total. The molecule has 0 saturated heterocycles. The minimum Gasteiger partial charge on any atom is -0.480 e. The average Bonchev–Trinajstić information content (AvgIpc) is 2.55. The van der Waals surface area contributed by atoms with Crippen molar-refractivity contribution >= 4 is 29.4 Å². The van der Waals surface area contributed by atoms with Crippen molar-refractivity contribution in [2.45, 2.75) is 19.6 Å². The molecule has 2 rings (SSSR count). The zero-order chi connectivity index (χ0) is 16.8. The predicted molar refractivity (Wildman–Crippen MR) is 87.7 cm³/mol. The minimum absolute atomic E-state index is 0.0486. The van der Waals surface area contributed by atoms with Crippen LogP contribution < -0.4 is 4.90 Å². The number of anilines is 1. The normalized spacial score (nSPS) is 11.6. The summed E-state index contributed by atoms with van der Waals surface area (Å²) in [6.07, 6.45) is -0.767. The summed E-state index contributed by atoms with van der Waals surface area (Å²) < 4.78 is 5.24. The monoisotopic (exact) mass is 333 g/mol. The lowest BCUT2D eigenvalue weighted by molar-refractivity contribution is -0.138. The largest absolute Gasteiger partial charge is 0.480 e. The SMILES string of the molecule is CC(C(=O)O)N(C(=O)OCc1ccccc1)c1ccccc1Cl. The number of carbonyl (C=O) groups excluding carboxylic acids is 1. The van der Waals surface area contributed by atoms with E-state index in [1.165, 1.54) is 6.92 Å². The van der Waals surface area contributed by atoms with Gasteiger partial charge in [-0.1, -0.05) is 54.1 Å². The molecular weight excluding hydrogens is 318 g/mol. The molecule has 0 saturated carbocycles. The number of hydrogen-bond donors (Lipinski definition) is 1. The number of halogens is 1. The van der Waals surface area contributed by atoms with Crippen LogP contribution in [-0.4, -0.2) is 23.2 Å². The smallest absolute Gasteiger partial charge is 0.415 e. The molecule has 0 heterocycles. The van der Waals surface area contributed by atoms with Crippen LogP contribution in [0.1, 0.15) is 12.5 Å². The fourth-order valence-corrected chi connectivity index (χ4v) is 2.24. The van der Waals surface area contributed by atoms with Gasteiger partial charge in [0.1, 0.15) is 12.6 Å². The Morgan fingerprint density at radius 2 is 1.74 bits per heavy atom. The first kappa shape index (κ1) is 16.8. The molecule has 0 fully saturated rings. The van der Waals surface area contributed by atoms with Crippen molar-refractivity contribution in [3.05, 3.63) is 65.2 Å². The number of aliphatic carboxylic acids is 1. The van der Waals surface area contributed by atoms with Gasteiger partial charge >= 0.3 is 12.1 Å². The minimum atomic E-state index is -1.15. The molecular formula is C17H16ClNO4. The van der Waals surface area contributed by atoms with Gasteiger partial charge in [0, 0.05) is 0 Å². The van der Waals surface area contributed by atoms with Gasteiger partial charge in [-0.05, 0) is 24.6 Å². The van der Waals surface area contributed by atoms with Crippen molar-refractivity contribution in [3.8, 4) is 0 Å². The van der Waals surface area contributed by atoms with Crippen molar-refractivity contribution in [2.24, 2.45) is 0 Å². The number of carbonyl (C=O) groups is 2. The van der Waals surface area contributed by atoms with Crippen LogP contribution in [-0.2, 0) is 16.1 Å². The zero-order valence-electron chi connectivity index (χ0n) is 12.5. The van der Waals surface area contributed by atoms with E-state index in [4.69, 9.17) is 16.3 Å². The number of ether oxygens (including phenoxy) is 1. The highest BCUT2D eigenvalue weighted by Crippen LogP contribution is 2.28. The van der Waals surface area contributed by atoms with E-state index in [0.717, 1.165) is 10.5 Å². The number of amides is 1. The lowest BCUT2D eigenvalue weighted by atomic mass is 10.2. The molecule has 2 aromatic carbocycles. The molecule has 1 atom stereocenters. The summed E-state index contributed by atoms with van der Waals surface area (Å²) in [5.74, 6) is -1.15. The molecule has 0 aliphatic rings. The van der Waals surface area contributed by atoms with E-state index in [2.05, 4.69) is 0 Å². The maximum absolute atomic E-state index is 12.4. The maximum atomic E-state index is 12.4. The molecule has 0 spiro atoms. The van der Waals surface area contributed by atoms with Gasteiger partial charge in [-0.25, -0.2) is 9.59 Å². The van der Waals surface area contributed by atoms with E-state index < -0.39 is 18.1 Å². The van der Waals surface area contributed by atoms with E-state index in [1.807, 2.05) is 30.3 Å². The first-order chi connectivity index (χ1) is 11.0. The summed E-state index contributed by atoms with van der Waals surface area (Å²) in [4.78, 5) is 24.7. The molecule has 1 unspecified atom stereocenters. The van der Waals surface area contributed by atoms with Crippen LogP contribution in [0.15, 0.2) is 54.6 Å². The number of hydrogen-bond acceptors (Lipinski definition) is 3. The van der Waals surface area contributed by atoms with Gasteiger partial charge in [-0.2, -0.15) is 0 Å². The molecule has 1 amide bonds. The van der Waals surface area contributed by atoms with Gasteiger partial charge in [-0.15, -0.1) is 0 Å². The first-order valence-corrected chi connectivity index (χ1v) is 7.35. The van der Waals surface area contributed by atoms with Gasteiger partial charge in [-0.3, -0.25) is 4.90 Å². The van der Waals surface area contributed by atoms with Crippen LogP contribution in [0.25, 0.3) is 0 Å². The molecule has 23 heavy (non-hydrogen) atoms. The Kier molecular flexibility index (Phi) is 5.60. The molecule has 2 aromatic rings. The number of carboxylic acids is 1. The van der Waals surface area contributed by atoms with Gasteiger partial charge in [0.2, 0.25) is 0 Å². The van der Waals surface area contributed by atoms with Crippen LogP contribution >= 0.6 is 11.6 Å². The highest BCUT2D eigenvalue weighted by Gasteiger charge is 2.29. The zero-order valence-corrected chi connectivity index (χ0v) is 13.2. The fourth-order valence-electron chi connectivity index (χ4n) is 2.01. The summed E-state index contributed by atoms with van der Waals surface area (Å²) in [7, 11) is 0. The van der Waals surface area contributed by atoms with E-state index >= 15 is 0 Å². The van der Waals surface area contributed by atoms with E-state index in [9.17, 15) is 14.7 Å². The second kappa shape index (κ2) is 7.65. The Labute approximate surface area is 139 Å². The molecule has 6 heteroatoms. The summed E-state index contributed by atoms with van der Waals surface area (Å²) in [5, 5.41) is 9.52. The molecule has 120 valence electrons. The first-order valence-electron chi connectivity index (χ1n) is 6.98. The molecule has 0 bridgehead atoms. The van der Waals surface area contributed by atoms with Crippen molar-refractivity contribution in [2.75, 3.05) is 4.90 Å². The molecule has 0 aliphatic heterocycles. The van der Waals surface area contributed by atoms with Crippen LogP contribution in [0.5, 0.6) is 0 Å².